The first-order valence-electron chi connectivity index (χ1n) is 11.1. The maximum Gasteiger partial charge on any atom is 0.280 e. The van der Waals surface area contributed by atoms with Crippen LogP contribution in [0, 0.1) is 13.8 Å². The molecule has 0 spiro atoms. The van der Waals surface area contributed by atoms with Gasteiger partial charge in [-0.25, -0.2) is 4.98 Å². The van der Waals surface area contributed by atoms with E-state index in [4.69, 9.17) is 9.72 Å². The summed E-state index contributed by atoms with van der Waals surface area (Å²) < 4.78 is 6.90. The summed E-state index contributed by atoms with van der Waals surface area (Å²) in [4.78, 5) is 31.1. The van der Waals surface area contributed by atoms with Crippen LogP contribution in [0.1, 0.15) is 41.3 Å². The summed E-state index contributed by atoms with van der Waals surface area (Å²) in [5, 5.41) is 0.435. The molecule has 0 aliphatic rings. The summed E-state index contributed by atoms with van der Waals surface area (Å²) >= 11 is 0. The normalized spacial score (nSPS) is 10.9. The molecule has 1 amide bonds. The minimum absolute atomic E-state index is 0.332. The van der Waals surface area contributed by atoms with Gasteiger partial charge in [-0.1, -0.05) is 37.6 Å². The summed E-state index contributed by atoms with van der Waals surface area (Å²) in [6.07, 6.45) is 2.03. The number of nitrogens with one attached hydrogen (secondary N) is 1. The van der Waals surface area contributed by atoms with Crippen molar-refractivity contribution < 1.29 is 9.53 Å². The number of benzene rings is 3. The second-order valence-electron chi connectivity index (χ2n) is 8.06. The number of fused-ring (bicyclic) bond motifs is 1. The maximum atomic E-state index is 13.3. The summed E-state index contributed by atoms with van der Waals surface area (Å²) in [5.74, 6) is 0.689. The fourth-order valence-corrected chi connectivity index (χ4v) is 3.51. The number of unbranched alkanes of at least 4 members (excludes halogenated alkanes) is 1. The summed E-state index contributed by atoms with van der Waals surface area (Å²) in [6.45, 7) is 6.77. The highest BCUT2D eigenvalue weighted by Crippen LogP contribution is 2.21. The van der Waals surface area contributed by atoms with Crippen molar-refractivity contribution in [2.24, 2.45) is 0 Å². The van der Waals surface area contributed by atoms with Crippen LogP contribution in [0.4, 0.5) is 0 Å². The van der Waals surface area contributed by atoms with Crippen LogP contribution in [0.5, 0.6) is 5.75 Å². The number of nitrogens with zero attached hydrogens (tertiary/aromatic N) is 2. The van der Waals surface area contributed by atoms with Gasteiger partial charge < -0.3 is 4.74 Å². The number of ether oxygens (including phenoxy) is 1. The summed E-state index contributed by atoms with van der Waals surface area (Å²) in [6, 6.07) is 19.9. The highest BCUT2D eigenvalue weighted by atomic mass is 16.5. The zero-order valence-corrected chi connectivity index (χ0v) is 19.1. The molecule has 6 heteroatoms. The van der Waals surface area contributed by atoms with Gasteiger partial charge in [0.15, 0.2) is 5.82 Å². The molecule has 168 valence electrons. The SMILES string of the molecule is CCCCOc1ccc(C(=O)Nn2c(-c3ccc(C)c(C)c3)nc3ccccc3c2=O)cc1. The topological polar surface area (TPSA) is 73.2 Å². The van der Waals surface area contributed by atoms with Crippen molar-refractivity contribution in [3.8, 4) is 17.1 Å². The van der Waals surface area contributed by atoms with Crippen molar-refractivity contribution in [1.29, 1.82) is 0 Å². The molecule has 0 bridgehead atoms. The Morgan fingerprint density at radius 1 is 1.00 bits per heavy atom. The lowest BCUT2D eigenvalue weighted by Crippen LogP contribution is -2.35. The van der Waals surface area contributed by atoms with E-state index in [0.717, 1.165) is 29.5 Å². The van der Waals surface area contributed by atoms with Gasteiger partial charge in [0.2, 0.25) is 0 Å². The van der Waals surface area contributed by atoms with Gasteiger partial charge in [-0.2, -0.15) is 4.68 Å². The third-order valence-corrected chi connectivity index (χ3v) is 5.64. The van der Waals surface area contributed by atoms with Gasteiger partial charge in [0.25, 0.3) is 11.5 Å². The molecule has 0 aliphatic heterocycles. The molecular formula is C27H27N3O3. The number of rotatable bonds is 7. The lowest BCUT2D eigenvalue weighted by molar-refractivity contribution is 0.101. The zero-order valence-electron chi connectivity index (χ0n) is 19.1. The van der Waals surface area contributed by atoms with Crippen LogP contribution in [0.2, 0.25) is 0 Å². The minimum atomic E-state index is -0.403. The first kappa shape index (κ1) is 22.3. The monoisotopic (exact) mass is 441 g/mol. The van der Waals surface area contributed by atoms with Crippen LogP contribution in [-0.2, 0) is 0 Å². The van der Waals surface area contributed by atoms with Gasteiger partial charge in [0, 0.05) is 11.1 Å². The molecule has 0 radical (unpaired) electrons. The summed E-state index contributed by atoms with van der Waals surface area (Å²) in [5.41, 5.74) is 6.38. The van der Waals surface area contributed by atoms with Crippen molar-refractivity contribution in [1.82, 2.24) is 9.66 Å². The van der Waals surface area contributed by atoms with E-state index in [1.165, 1.54) is 4.68 Å². The number of amides is 1. The maximum absolute atomic E-state index is 13.3. The molecule has 6 nitrogen and oxygen atoms in total. The van der Waals surface area contributed by atoms with Gasteiger partial charge in [-0.15, -0.1) is 0 Å². The van der Waals surface area contributed by atoms with Crippen molar-refractivity contribution >= 4 is 16.8 Å². The molecule has 0 unspecified atom stereocenters. The van der Waals surface area contributed by atoms with Crippen LogP contribution in [0.15, 0.2) is 71.5 Å². The van der Waals surface area contributed by atoms with Crippen LogP contribution in [0.25, 0.3) is 22.3 Å². The van der Waals surface area contributed by atoms with Gasteiger partial charge in [0.05, 0.1) is 17.5 Å². The van der Waals surface area contributed by atoms with Crippen molar-refractivity contribution in [2.45, 2.75) is 33.6 Å². The van der Waals surface area contributed by atoms with E-state index in [0.29, 0.717) is 34.6 Å². The fraction of sp³-hybridized carbons (Fsp3) is 0.222. The Balaban J connectivity index is 1.71. The first-order chi connectivity index (χ1) is 16.0. The lowest BCUT2D eigenvalue weighted by atomic mass is 10.1. The number of carbonyl (C=O) groups excluding carboxylic acids is 1. The van der Waals surface area contributed by atoms with Crippen molar-refractivity contribution in [3.05, 3.63) is 93.8 Å². The Labute approximate surface area is 192 Å². The second-order valence-corrected chi connectivity index (χ2v) is 8.06. The first-order valence-corrected chi connectivity index (χ1v) is 11.1. The Morgan fingerprint density at radius 2 is 1.76 bits per heavy atom. The molecule has 0 atom stereocenters. The molecule has 3 aromatic carbocycles. The number of aromatic nitrogens is 2. The molecule has 1 heterocycles. The molecule has 0 saturated carbocycles. The standard InChI is InChI=1S/C27H27N3O3/c1-4-5-16-33-22-14-12-20(13-15-22)26(31)29-30-25(21-11-10-18(2)19(3)17-21)28-24-9-7-6-8-23(24)27(30)32/h6-15,17H,4-5,16H2,1-3H3,(H,29,31). The molecule has 0 saturated heterocycles. The predicted molar refractivity (Wildman–Crippen MR) is 131 cm³/mol. The van der Waals surface area contributed by atoms with Crippen LogP contribution in [0.3, 0.4) is 0 Å². The van der Waals surface area contributed by atoms with E-state index >= 15 is 0 Å². The van der Waals surface area contributed by atoms with Crippen molar-refractivity contribution in [2.75, 3.05) is 12.0 Å². The number of hydrogen-bond donors (Lipinski definition) is 1. The average Bonchev–Trinajstić information content (AvgIpc) is 2.83. The predicted octanol–water partition coefficient (Wildman–Crippen LogP) is 5.24. The largest absolute Gasteiger partial charge is 0.494 e. The third-order valence-electron chi connectivity index (χ3n) is 5.64. The Kier molecular flexibility index (Phi) is 6.54. The average molecular weight is 442 g/mol. The quantitative estimate of drug-likeness (QED) is 0.398. The van der Waals surface area contributed by atoms with E-state index in [2.05, 4.69) is 12.3 Å². The van der Waals surface area contributed by atoms with Crippen LogP contribution >= 0.6 is 0 Å². The molecule has 1 aromatic heterocycles. The molecule has 4 rings (SSSR count). The van der Waals surface area contributed by atoms with Gasteiger partial charge in [0.1, 0.15) is 5.75 Å². The Bertz CT molecular complexity index is 1360. The van der Waals surface area contributed by atoms with Crippen LogP contribution < -0.4 is 15.7 Å². The van der Waals surface area contributed by atoms with E-state index in [1.807, 2.05) is 38.1 Å². The number of carbonyl (C=O) groups is 1. The highest BCUT2D eigenvalue weighted by Gasteiger charge is 2.16. The fourth-order valence-electron chi connectivity index (χ4n) is 3.51. The third kappa shape index (κ3) is 4.80. The number of hydrogen-bond acceptors (Lipinski definition) is 4. The number of para-hydroxylation sites is 1. The Hall–Kier alpha value is -3.93. The second kappa shape index (κ2) is 9.69. The van der Waals surface area contributed by atoms with E-state index in [1.54, 1.807) is 42.5 Å². The smallest absolute Gasteiger partial charge is 0.280 e. The zero-order chi connectivity index (χ0) is 23.4. The molecule has 1 N–H and O–H groups in total. The van der Waals surface area contributed by atoms with Gasteiger partial charge in [-0.05, 0) is 73.9 Å². The van der Waals surface area contributed by atoms with Crippen LogP contribution in [-0.4, -0.2) is 22.2 Å². The molecule has 33 heavy (non-hydrogen) atoms. The van der Waals surface area contributed by atoms with E-state index in [9.17, 15) is 9.59 Å². The number of aryl methyl sites for hydroxylation is 2. The highest BCUT2D eigenvalue weighted by molar-refractivity contribution is 6.00. The lowest BCUT2D eigenvalue weighted by Gasteiger charge is -2.15. The van der Waals surface area contributed by atoms with Gasteiger partial charge >= 0.3 is 0 Å². The Morgan fingerprint density at radius 3 is 2.48 bits per heavy atom. The molecule has 0 aliphatic carbocycles. The summed E-state index contributed by atoms with van der Waals surface area (Å²) in [7, 11) is 0. The minimum Gasteiger partial charge on any atom is -0.494 e. The van der Waals surface area contributed by atoms with Gasteiger partial charge in [-0.3, -0.25) is 15.0 Å². The van der Waals surface area contributed by atoms with E-state index < -0.39 is 5.91 Å². The van der Waals surface area contributed by atoms with Crippen molar-refractivity contribution in [3.63, 3.8) is 0 Å². The molecule has 0 fully saturated rings. The van der Waals surface area contributed by atoms with E-state index in [-0.39, 0.29) is 5.56 Å². The molecular weight excluding hydrogens is 414 g/mol. The molecule has 4 aromatic rings.